The van der Waals surface area contributed by atoms with Crippen molar-refractivity contribution < 1.29 is 4.42 Å². The van der Waals surface area contributed by atoms with Gasteiger partial charge in [0.05, 0.1) is 0 Å². The molecular formula is C62H44O. The fraction of sp³-hybridized carbons (Fsp3) is 0.0645. The van der Waals surface area contributed by atoms with Gasteiger partial charge in [0.25, 0.3) is 0 Å². The molecule has 0 spiro atoms. The smallest absolute Gasteiger partial charge is 0.143 e. The molecule has 0 N–H and O–H groups in total. The first-order chi connectivity index (χ1) is 31.0. The molecule has 1 nitrogen and oxygen atoms in total. The summed E-state index contributed by atoms with van der Waals surface area (Å²) in [4.78, 5) is 0. The number of fused-ring (bicyclic) bond motifs is 7. The van der Waals surface area contributed by atoms with E-state index in [1.54, 1.807) is 0 Å². The molecule has 298 valence electrons. The third-order valence-corrected chi connectivity index (χ3v) is 13.6. The van der Waals surface area contributed by atoms with Crippen LogP contribution in [0.2, 0.25) is 0 Å². The SMILES string of the molecule is CC1(C)c2cc(-c3cccc4c3oc3ccccc34)ccc2-c2ccc(C(c3ccc(-c4cccc(-c5ccccc5)c4)cc3)c3ccc(-c4ccccc4)c4ccccc34)cc21. The van der Waals surface area contributed by atoms with Crippen LogP contribution in [0.15, 0.2) is 229 Å². The van der Waals surface area contributed by atoms with Gasteiger partial charge in [-0.2, -0.15) is 0 Å². The standard InChI is InChI=1S/C62H44O/c1-62(2)57-38-46(49-24-14-25-56-54-23-11-12-26-59(54)63-61(49)56)31-33-52(57)53-34-32-47(39-58(53)62)60(55-36-35-48(42-17-7-4-8-18-42)50-21-9-10-22-51(50)55)43-29-27-41(28-30-43)45-20-13-19-44(37-45)40-15-5-3-6-16-40/h3-39,60H,1-2H3. The van der Waals surface area contributed by atoms with E-state index in [1.807, 2.05) is 6.07 Å². The van der Waals surface area contributed by atoms with Gasteiger partial charge in [0.15, 0.2) is 0 Å². The zero-order valence-corrected chi connectivity index (χ0v) is 35.3. The topological polar surface area (TPSA) is 13.1 Å². The second kappa shape index (κ2) is 14.7. The Morgan fingerprint density at radius 1 is 0.333 bits per heavy atom. The Morgan fingerprint density at radius 3 is 1.63 bits per heavy atom. The van der Waals surface area contributed by atoms with Gasteiger partial charge in [-0.3, -0.25) is 0 Å². The van der Waals surface area contributed by atoms with Crippen LogP contribution in [0.1, 0.15) is 47.6 Å². The fourth-order valence-corrected chi connectivity index (χ4v) is 10.4. The number of rotatable bonds is 7. The maximum atomic E-state index is 6.52. The molecule has 1 aromatic heterocycles. The van der Waals surface area contributed by atoms with Crippen LogP contribution in [0.3, 0.4) is 0 Å². The van der Waals surface area contributed by atoms with Crippen LogP contribution in [0.5, 0.6) is 0 Å². The lowest BCUT2D eigenvalue weighted by atomic mass is 9.77. The van der Waals surface area contributed by atoms with Crippen molar-refractivity contribution in [2.75, 3.05) is 0 Å². The number of hydrogen-bond acceptors (Lipinski definition) is 1. The van der Waals surface area contributed by atoms with E-state index < -0.39 is 0 Å². The van der Waals surface area contributed by atoms with E-state index in [-0.39, 0.29) is 11.3 Å². The first kappa shape index (κ1) is 37.1. The monoisotopic (exact) mass is 804 g/mol. The summed E-state index contributed by atoms with van der Waals surface area (Å²) in [6.07, 6.45) is 0. The molecule has 0 fully saturated rings. The van der Waals surface area contributed by atoms with Crippen LogP contribution in [0, 0.1) is 0 Å². The molecule has 1 heteroatoms. The summed E-state index contributed by atoms with van der Waals surface area (Å²) in [6, 6.07) is 82.5. The third-order valence-electron chi connectivity index (χ3n) is 13.6. The van der Waals surface area contributed by atoms with Crippen molar-refractivity contribution in [3.63, 3.8) is 0 Å². The molecule has 12 rings (SSSR count). The summed E-state index contributed by atoms with van der Waals surface area (Å²) in [5, 5.41) is 4.84. The normalized spacial score (nSPS) is 13.3. The second-order valence-electron chi connectivity index (χ2n) is 17.6. The average Bonchev–Trinajstić information content (AvgIpc) is 3.84. The molecule has 1 aliphatic carbocycles. The predicted octanol–water partition coefficient (Wildman–Crippen LogP) is 16.9. The van der Waals surface area contributed by atoms with Crippen molar-refractivity contribution >= 4 is 32.7 Å². The molecule has 0 saturated carbocycles. The maximum absolute atomic E-state index is 6.52. The molecule has 1 heterocycles. The quantitative estimate of drug-likeness (QED) is 0.146. The Bertz CT molecular complexity index is 3520. The van der Waals surface area contributed by atoms with Crippen LogP contribution in [-0.2, 0) is 5.41 Å². The summed E-state index contributed by atoms with van der Waals surface area (Å²) in [6.45, 7) is 4.79. The van der Waals surface area contributed by atoms with Crippen LogP contribution >= 0.6 is 0 Å². The van der Waals surface area contributed by atoms with E-state index in [9.17, 15) is 0 Å². The Balaban J connectivity index is 0.984. The lowest BCUT2D eigenvalue weighted by molar-refractivity contribution is 0.658. The van der Waals surface area contributed by atoms with E-state index in [2.05, 4.69) is 232 Å². The highest BCUT2D eigenvalue weighted by molar-refractivity contribution is 6.09. The Hall–Kier alpha value is -7.74. The lowest BCUT2D eigenvalue weighted by Crippen LogP contribution is -2.16. The van der Waals surface area contributed by atoms with Gasteiger partial charge in [-0.1, -0.05) is 220 Å². The van der Waals surface area contributed by atoms with Gasteiger partial charge in [0.2, 0.25) is 0 Å². The van der Waals surface area contributed by atoms with Gasteiger partial charge in [0, 0.05) is 27.7 Å². The lowest BCUT2D eigenvalue weighted by Gasteiger charge is -2.26. The third kappa shape index (κ3) is 6.15. The van der Waals surface area contributed by atoms with Crippen LogP contribution in [0.4, 0.5) is 0 Å². The molecule has 1 aliphatic rings. The van der Waals surface area contributed by atoms with E-state index in [1.165, 1.54) is 88.7 Å². The van der Waals surface area contributed by atoms with Gasteiger partial charge in [-0.05, 0) is 107 Å². The van der Waals surface area contributed by atoms with Crippen molar-refractivity contribution in [3.8, 4) is 55.6 Å². The molecule has 11 aromatic rings. The van der Waals surface area contributed by atoms with Gasteiger partial charge in [0.1, 0.15) is 11.2 Å². The van der Waals surface area contributed by atoms with Gasteiger partial charge >= 0.3 is 0 Å². The second-order valence-corrected chi connectivity index (χ2v) is 17.6. The number of benzene rings is 10. The maximum Gasteiger partial charge on any atom is 0.143 e. The van der Waals surface area contributed by atoms with Crippen LogP contribution < -0.4 is 0 Å². The summed E-state index contributed by atoms with van der Waals surface area (Å²) in [7, 11) is 0. The minimum absolute atomic E-state index is 0.00418. The first-order valence-electron chi connectivity index (χ1n) is 22.0. The molecule has 1 unspecified atom stereocenters. The minimum Gasteiger partial charge on any atom is -0.455 e. The van der Waals surface area contributed by atoms with Crippen LogP contribution in [0.25, 0.3) is 88.3 Å². The molecule has 63 heavy (non-hydrogen) atoms. The van der Waals surface area contributed by atoms with Crippen molar-refractivity contribution in [3.05, 3.63) is 252 Å². The Morgan fingerprint density at radius 2 is 0.873 bits per heavy atom. The molecule has 0 saturated heterocycles. The molecule has 0 aliphatic heterocycles. The number of para-hydroxylation sites is 2. The van der Waals surface area contributed by atoms with Gasteiger partial charge < -0.3 is 4.42 Å². The van der Waals surface area contributed by atoms with E-state index in [4.69, 9.17) is 4.42 Å². The summed E-state index contributed by atoms with van der Waals surface area (Å²) >= 11 is 0. The summed E-state index contributed by atoms with van der Waals surface area (Å²) in [5.74, 6) is -0.00418. The highest BCUT2D eigenvalue weighted by atomic mass is 16.3. The van der Waals surface area contributed by atoms with Crippen LogP contribution in [-0.4, -0.2) is 0 Å². The molecule has 0 bridgehead atoms. The summed E-state index contributed by atoms with van der Waals surface area (Å²) < 4.78 is 6.52. The molecule has 0 amide bonds. The molecular weight excluding hydrogens is 761 g/mol. The molecule has 0 radical (unpaired) electrons. The minimum atomic E-state index is -0.226. The van der Waals surface area contributed by atoms with Crippen molar-refractivity contribution in [1.29, 1.82) is 0 Å². The molecule has 1 atom stereocenters. The van der Waals surface area contributed by atoms with Gasteiger partial charge in [-0.25, -0.2) is 0 Å². The summed E-state index contributed by atoms with van der Waals surface area (Å²) in [5.41, 5.74) is 20.5. The Kier molecular flexibility index (Phi) is 8.66. The van der Waals surface area contributed by atoms with Crippen molar-refractivity contribution in [1.82, 2.24) is 0 Å². The average molecular weight is 805 g/mol. The highest BCUT2D eigenvalue weighted by Gasteiger charge is 2.37. The Labute approximate surface area is 368 Å². The van der Waals surface area contributed by atoms with Crippen molar-refractivity contribution in [2.24, 2.45) is 0 Å². The predicted molar refractivity (Wildman–Crippen MR) is 264 cm³/mol. The van der Waals surface area contributed by atoms with E-state index in [0.29, 0.717) is 0 Å². The molecule has 10 aromatic carbocycles. The number of furan rings is 1. The van der Waals surface area contributed by atoms with Crippen molar-refractivity contribution in [2.45, 2.75) is 25.2 Å². The van der Waals surface area contributed by atoms with E-state index >= 15 is 0 Å². The largest absolute Gasteiger partial charge is 0.455 e. The van der Waals surface area contributed by atoms with E-state index in [0.717, 1.165) is 27.5 Å². The zero-order chi connectivity index (χ0) is 42.1. The first-order valence-corrected chi connectivity index (χ1v) is 22.0. The fourth-order valence-electron chi connectivity index (χ4n) is 10.4. The zero-order valence-electron chi connectivity index (χ0n) is 35.3. The number of hydrogen-bond donors (Lipinski definition) is 0. The highest BCUT2D eigenvalue weighted by Crippen LogP contribution is 2.52. The van der Waals surface area contributed by atoms with Gasteiger partial charge in [-0.15, -0.1) is 0 Å².